The molecule has 3 N–H and O–H groups in total. The van der Waals surface area contributed by atoms with Crippen molar-refractivity contribution in [3.8, 4) is 0 Å². The van der Waals surface area contributed by atoms with Crippen LogP contribution >= 0.6 is 23.2 Å². The Hall–Kier alpha value is -1.83. The van der Waals surface area contributed by atoms with Crippen molar-refractivity contribution in [2.24, 2.45) is 0 Å². The smallest absolute Gasteiger partial charge is 0.251 e. The Bertz CT molecular complexity index is 720. The van der Waals surface area contributed by atoms with Crippen molar-refractivity contribution in [1.29, 1.82) is 0 Å². The van der Waals surface area contributed by atoms with Crippen LogP contribution in [0.25, 0.3) is 0 Å². The number of piperazine rings is 1. The number of fused-ring (bicyclic) bond motifs is 1. The van der Waals surface area contributed by atoms with Crippen LogP contribution in [-0.2, 0) is 9.59 Å². The molecule has 7 nitrogen and oxygen atoms in total. The van der Waals surface area contributed by atoms with E-state index in [-0.39, 0.29) is 30.3 Å². The molecule has 0 spiro atoms. The summed E-state index contributed by atoms with van der Waals surface area (Å²) in [6.45, 7) is 1.65. The number of hydrogen-bond donors (Lipinski definition) is 3. The van der Waals surface area contributed by atoms with Gasteiger partial charge in [-0.05, 0) is 31.5 Å². The van der Waals surface area contributed by atoms with Crippen molar-refractivity contribution in [2.75, 3.05) is 6.54 Å². The van der Waals surface area contributed by atoms with Gasteiger partial charge in [0.05, 0.1) is 6.10 Å². The van der Waals surface area contributed by atoms with Gasteiger partial charge in [-0.3, -0.25) is 14.4 Å². The quantitative estimate of drug-likeness (QED) is 0.708. The molecule has 0 unspecified atom stereocenters. The van der Waals surface area contributed by atoms with Crippen LogP contribution in [0.15, 0.2) is 18.2 Å². The number of aliphatic hydroxyl groups excluding tert-OH is 1. The van der Waals surface area contributed by atoms with Crippen LogP contribution in [0.5, 0.6) is 0 Å². The molecule has 4 atom stereocenters. The number of benzene rings is 1. The molecule has 2 heterocycles. The molecule has 2 aliphatic heterocycles. The minimum absolute atomic E-state index is 0.209. The van der Waals surface area contributed by atoms with Crippen LogP contribution in [0.3, 0.4) is 0 Å². The molecule has 2 fully saturated rings. The Morgan fingerprint density at radius 2 is 1.96 bits per heavy atom. The normalized spacial score (nSPS) is 26.9. The molecule has 1 aromatic carbocycles. The van der Waals surface area contributed by atoms with E-state index >= 15 is 0 Å². The van der Waals surface area contributed by atoms with Gasteiger partial charge in [-0.15, -0.1) is 0 Å². The second-order valence-corrected chi connectivity index (χ2v) is 7.17. The van der Waals surface area contributed by atoms with Gasteiger partial charge < -0.3 is 20.6 Å². The number of amides is 3. The van der Waals surface area contributed by atoms with Gasteiger partial charge in [0.15, 0.2) is 0 Å². The summed E-state index contributed by atoms with van der Waals surface area (Å²) in [5, 5.41) is 15.7. The Balaban J connectivity index is 1.71. The minimum atomic E-state index is -0.986. The van der Waals surface area contributed by atoms with E-state index in [0.717, 1.165) is 0 Å². The van der Waals surface area contributed by atoms with E-state index < -0.39 is 18.2 Å². The lowest BCUT2D eigenvalue weighted by Crippen LogP contribution is -2.64. The van der Waals surface area contributed by atoms with Crippen LogP contribution in [0.1, 0.15) is 23.7 Å². The van der Waals surface area contributed by atoms with E-state index in [9.17, 15) is 19.5 Å². The van der Waals surface area contributed by atoms with Gasteiger partial charge in [0.1, 0.15) is 12.1 Å². The number of carbonyl (C=O) groups is 3. The molecule has 3 amide bonds. The highest BCUT2D eigenvalue weighted by Crippen LogP contribution is 2.24. The Labute approximate surface area is 154 Å². The minimum Gasteiger partial charge on any atom is -0.391 e. The standard InChI is InChI=1S/C16H17Cl2N3O4/c1-7(22)13-16(25)21-6-11(5-12(21)15(24)20-13)19-14(23)8-2-9(17)4-10(18)3-8/h2-4,7,11-13,22H,5-6H2,1H3,(H,19,23)(H,20,24)/t7-,11-,12-,13+/m0/s1. The number of carbonyl (C=O) groups excluding carboxylic acids is 3. The molecule has 0 radical (unpaired) electrons. The fourth-order valence-electron chi connectivity index (χ4n) is 3.20. The average molecular weight is 386 g/mol. The zero-order valence-corrected chi connectivity index (χ0v) is 14.8. The van der Waals surface area contributed by atoms with Crippen LogP contribution in [0.4, 0.5) is 0 Å². The molecule has 9 heteroatoms. The first-order valence-electron chi connectivity index (χ1n) is 7.82. The first-order valence-corrected chi connectivity index (χ1v) is 8.57. The van der Waals surface area contributed by atoms with Gasteiger partial charge in [-0.2, -0.15) is 0 Å². The van der Waals surface area contributed by atoms with Crippen molar-refractivity contribution < 1.29 is 19.5 Å². The molecule has 0 aliphatic carbocycles. The third-order valence-corrected chi connectivity index (χ3v) is 4.83. The zero-order valence-electron chi connectivity index (χ0n) is 13.3. The first-order chi connectivity index (χ1) is 11.8. The molecule has 134 valence electrons. The van der Waals surface area contributed by atoms with Crippen LogP contribution in [0, 0.1) is 0 Å². The summed E-state index contributed by atoms with van der Waals surface area (Å²) in [6.07, 6.45) is -0.677. The van der Waals surface area contributed by atoms with Gasteiger partial charge in [0, 0.05) is 28.2 Å². The number of rotatable bonds is 3. The zero-order chi connectivity index (χ0) is 18.3. The Morgan fingerprint density at radius 3 is 2.56 bits per heavy atom. The summed E-state index contributed by atoms with van der Waals surface area (Å²) in [7, 11) is 0. The number of halogens is 2. The predicted octanol–water partition coefficient (Wildman–Crippen LogP) is 0.572. The van der Waals surface area contributed by atoms with Crippen molar-refractivity contribution in [1.82, 2.24) is 15.5 Å². The van der Waals surface area contributed by atoms with Crippen LogP contribution < -0.4 is 10.6 Å². The fraction of sp³-hybridized carbons (Fsp3) is 0.438. The van der Waals surface area contributed by atoms with Gasteiger partial charge in [-0.1, -0.05) is 23.2 Å². The summed E-state index contributed by atoms with van der Waals surface area (Å²) in [6, 6.07) is 2.53. The van der Waals surface area contributed by atoms with Crippen molar-refractivity contribution in [3.63, 3.8) is 0 Å². The lowest BCUT2D eigenvalue weighted by molar-refractivity contribution is -0.149. The summed E-state index contributed by atoms with van der Waals surface area (Å²) in [4.78, 5) is 38.3. The predicted molar refractivity (Wildman–Crippen MR) is 91.4 cm³/mol. The number of nitrogens with one attached hydrogen (secondary N) is 2. The molecule has 1 aromatic rings. The number of aliphatic hydroxyl groups is 1. The molecule has 3 rings (SSSR count). The van der Waals surface area contributed by atoms with Gasteiger partial charge in [-0.25, -0.2) is 0 Å². The maximum absolute atomic E-state index is 12.4. The molecular weight excluding hydrogens is 369 g/mol. The Kier molecular flexibility index (Phi) is 4.90. The molecule has 0 saturated carbocycles. The lowest BCUT2D eigenvalue weighted by Gasteiger charge is -2.35. The summed E-state index contributed by atoms with van der Waals surface area (Å²) >= 11 is 11.8. The highest BCUT2D eigenvalue weighted by atomic mass is 35.5. The highest BCUT2D eigenvalue weighted by molar-refractivity contribution is 6.35. The van der Waals surface area contributed by atoms with E-state index in [2.05, 4.69) is 10.6 Å². The first kappa shape index (κ1) is 18.0. The maximum Gasteiger partial charge on any atom is 0.251 e. The maximum atomic E-state index is 12.4. The average Bonchev–Trinajstić information content (AvgIpc) is 2.94. The molecule has 2 saturated heterocycles. The van der Waals surface area contributed by atoms with E-state index in [1.807, 2.05) is 0 Å². The number of hydrogen-bond acceptors (Lipinski definition) is 4. The lowest BCUT2D eigenvalue weighted by atomic mass is 10.0. The van der Waals surface area contributed by atoms with E-state index in [1.165, 1.54) is 30.0 Å². The summed E-state index contributed by atoms with van der Waals surface area (Å²) in [5.41, 5.74) is 0.306. The summed E-state index contributed by atoms with van der Waals surface area (Å²) in [5.74, 6) is -1.05. The highest BCUT2D eigenvalue weighted by Gasteiger charge is 2.47. The van der Waals surface area contributed by atoms with Gasteiger partial charge in [0.2, 0.25) is 11.8 Å². The van der Waals surface area contributed by atoms with Crippen molar-refractivity contribution >= 4 is 40.9 Å². The van der Waals surface area contributed by atoms with Gasteiger partial charge in [0.25, 0.3) is 5.91 Å². The molecular formula is C16H17Cl2N3O4. The van der Waals surface area contributed by atoms with Crippen LogP contribution in [-0.4, -0.2) is 58.5 Å². The third kappa shape index (κ3) is 3.58. The SMILES string of the molecule is C[C@H](O)[C@H]1NC(=O)[C@@H]2C[C@H](NC(=O)c3cc(Cl)cc(Cl)c3)CN2C1=O. The monoisotopic (exact) mass is 385 g/mol. The molecule has 25 heavy (non-hydrogen) atoms. The van der Waals surface area contributed by atoms with E-state index in [0.29, 0.717) is 22.0 Å². The second-order valence-electron chi connectivity index (χ2n) is 6.30. The van der Waals surface area contributed by atoms with Crippen LogP contribution in [0.2, 0.25) is 10.0 Å². The van der Waals surface area contributed by atoms with Gasteiger partial charge >= 0.3 is 0 Å². The topological polar surface area (TPSA) is 98.7 Å². The second kappa shape index (κ2) is 6.82. The van der Waals surface area contributed by atoms with E-state index in [1.54, 1.807) is 0 Å². The largest absolute Gasteiger partial charge is 0.391 e. The third-order valence-electron chi connectivity index (χ3n) is 4.39. The molecule has 2 aliphatic rings. The molecule has 0 bridgehead atoms. The molecule has 0 aromatic heterocycles. The van der Waals surface area contributed by atoms with Crippen molar-refractivity contribution in [2.45, 2.75) is 37.6 Å². The van der Waals surface area contributed by atoms with Crippen molar-refractivity contribution in [3.05, 3.63) is 33.8 Å². The number of nitrogens with zero attached hydrogens (tertiary/aromatic N) is 1. The summed E-state index contributed by atoms with van der Waals surface area (Å²) < 4.78 is 0. The fourth-order valence-corrected chi connectivity index (χ4v) is 3.73. The Morgan fingerprint density at radius 1 is 1.32 bits per heavy atom. The van der Waals surface area contributed by atoms with E-state index in [4.69, 9.17) is 23.2 Å².